The summed E-state index contributed by atoms with van der Waals surface area (Å²) in [7, 11) is 0. The van der Waals surface area contributed by atoms with Gasteiger partial charge < -0.3 is 19.9 Å². The van der Waals surface area contributed by atoms with Gasteiger partial charge in [0.25, 0.3) is 5.92 Å². The third-order valence-electron chi connectivity index (χ3n) is 6.85. The van der Waals surface area contributed by atoms with E-state index >= 15 is 0 Å². The molecule has 2 amide bonds. The Labute approximate surface area is 214 Å². The van der Waals surface area contributed by atoms with Gasteiger partial charge in [0, 0.05) is 44.4 Å². The number of carbonyl (C=O) groups excluding carboxylic acids is 2. The van der Waals surface area contributed by atoms with E-state index in [2.05, 4.69) is 26.3 Å². The predicted molar refractivity (Wildman–Crippen MR) is 133 cm³/mol. The Morgan fingerprint density at radius 3 is 2.57 bits per heavy atom. The monoisotopic (exact) mass is 514 g/mol. The zero-order valence-corrected chi connectivity index (χ0v) is 21.5. The van der Waals surface area contributed by atoms with Gasteiger partial charge in [0.15, 0.2) is 0 Å². The number of fused-ring (bicyclic) bond motifs is 1. The lowest BCUT2D eigenvalue weighted by molar-refractivity contribution is -0.136. The Hall–Kier alpha value is -3.55. The molecule has 2 aliphatic heterocycles. The van der Waals surface area contributed by atoms with Crippen LogP contribution in [0, 0.1) is 23.2 Å². The Morgan fingerprint density at radius 2 is 1.92 bits per heavy atom. The second kappa shape index (κ2) is 10.1. The van der Waals surface area contributed by atoms with Crippen LogP contribution in [-0.2, 0) is 9.53 Å². The van der Waals surface area contributed by atoms with E-state index in [1.54, 1.807) is 33.0 Å². The summed E-state index contributed by atoms with van der Waals surface area (Å²) in [6, 6.07) is 5.42. The molecule has 2 aliphatic rings. The van der Waals surface area contributed by atoms with Crippen LogP contribution < -0.4 is 10.2 Å². The number of carbonyl (C=O) groups is 2. The third-order valence-corrected chi connectivity index (χ3v) is 6.85. The minimum atomic E-state index is -3.19. The van der Waals surface area contributed by atoms with Crippen molar-refractivity contribution in [2.45, 2.75) is 58.1 Å². The number of alkyl halides is 2. The predicted octanol–water partition coefficient (Wildman–Crippen LogP) is 3.72. The lowest BCUT2D eigenvalue weighted by atomic mass is 9.89. The maximum atomic E-state index is 14.9. The number of hydrogen-bond donors (Lipinski definition) is 1. The van der Waals surface area contributed by atoms with Crippen molar-refractivity contribution in [3.8, 4) is 6.07 Å². The molecule has 1 aromatic carbocycles. The van der Waals surface area contributed by atoms with Crippen LogP contribution >= 0.6 is 0 Å². The number of hydrogen-bond acceptors (Lipinski definition) is 7. The van der Waals surface area contributed by atoms with E-state index in [9.17, 15) is 23.6 Å². The fourth-order valence-corrected chi connectivity index (χ4v) is 4.95. The highest BCUT2D eigenvalue weighted by atomic mass is 19.3. The SMILES string of the molecule is CC1CN(c2ccc(C#N)c3nccnc23)CC1NC(=O)CC1CCN(C(=O)OC(C)(C)C)CC1(F)F. The van der Waals surface area contributed by atoms with Gasteiger partial charge >= 0.3 is 6.09 Å². The maximum absolute atomic E-state index is 14.9. The van der Waals surface area contributed by atoms with E-state index in [-0.39, 0.29) is 31.3 Å². The summed E-state index contributed by atoms with van der Waals surface area (Å²) in [4.78, 5) is 36.8. The zero-order chi connectivity index (χ0) is 27.0. The molecule has 0 spiro atoms. The Morgan fingerprint density at radius 1 is 1.22 bits per heavy atom. The van der Waals surface area contributed by atoms with Gasteiger partial charge in [0.2, 0.25) is 5.91 Å². The smallest absolute Gasteiger partial charge is 0.410 e. The van der Waals surface area contributed by atoms with Crippen molar-refractivity contribution in [2.24, 2.45) is 11.8 Å². The summed E-state index contributed by atoms with van der Waals surface area (Å²) in [6.07, 6.45) is 2.04. The normalized spacial score (nSPS) is 23.5. The molecule has 2 saturated heterocycles. The number of ether oxygens (including phenoxy) is 1. The number of anilines is 1. The molecule has 11 heteroatoms. The topological polar surface area (TPSA) is 111 Å². The number of nitriles is 1. The molecule has 0 saturated carbocycles. The van der Waals surface area contributed by atoms with Gasteiger partial charge in [-0.05, 0) is 45.2 Å². The molecule has 4 rings (SSSR count). The van der Waals surface area contributed by atoms with Crippen molar-refractivity contribution in [3.05, 3.63) is 30.1 Å². The summed E-state index contributed by atoms with van der Waals surface area (Å²) in [5.74, 6) is -4.71. The molecule has 1 N–H and O–H groups in total. The number of nitrogens with one attached hydrogen (secondary N) is 1. The van der Waals surface area contributed by atoms with Gasteiger partial charge in [0.1, 0.15) is 22.7 Å². The average Bonchev–Trinajstić information content (AvgIpc) is 3.17. The number of nitrogens with zero attached hydrogens (tertiary/aromatic N) is 5. The lowest BCUT2D eigenvalue weighted by Crippen LogP contribution is -2.53. The summed E-state index contributed by atoms with van der Waals surface area (Å²) >= 11 is 0. The molecule has 37 heavy (non-hydrogen) atoms. The quantitative estimate of drug-likeness (QED) is 0.662. The Bertz CT molecular complexity index is 1220. The molecular weight excluding hydrogens is 482 g/mol. The van der Waals surface area contributed by atoms with Crippen molar-refractivity contribution in [1.82, 2.24) is 20.2 Å². The molecule has 198 valence electrons. The standard InChI is InChI=1S/C26H32F2N6O3/c1-16-13-34(20-6-5-17(12-29)22-23(20)31-9-8-30-22)14-19(16)32-21(35)11-18-7-10-33(15-26(18,27)28)24(36)37-25(2,3)4/h5-6,8-9,16,18-19H,7,10-11,13-15H2,1-4H3,(H,32,35). The minimum absolute atomic E-state index is 0.0158. The number of amides is 2. The zero-order valence-electron chi connectivity index (χ0n) is 21.5. The van der Waals surface area contributed by atoms with E-state index in [1.807, 2.05) is 13.0 Å². The first-order valence-electron chi connectivity index (χ1n) is 12.4. The first kappa shape index (κ1) is 26.5. The molecule has 0 radical (unpaired) electrons. The lowest BCUT2D eigenvalue weighted by Gasteiger charge is -2.38. The molecule has 0 bridgehead atoms. The Kier molecular flexibility index (Phi) is 7.22. The third kappa shape index (κ3) is 5.89. The van der Waals surface area contributed by atoms with Crippen molar-refractivity contribution in [2.75, 3.05) is 31.1 Å². The van der Waals surface area contributed by atoms with E-state index < -0.39 is 36.0 Å². The van der Waals surface area contributed by atoms with Gasteiger partial charge in [-0.1, -0.05) is 6.92 Å². The number of piperidine rings is 1. The highest BCUT2D eigenvalue weighted by Crippen LogP contribution is 2.36. The number of likely N-dealkylation sites (tertiary alicyclic amines) is 1. The van der Waals surface area contributed by atoms with Gasteiger partial charge in [-0.3, -0.25) is 14.8 Å². The first-order valence-corrected chi connectivity index (χ1v) is 12.4. The molecule has 2 fully saturated rings. The van der Waals surface area contributed by atoms with Crippen molar-refractivity contribution in [1.29, 1.82) is 5.26 Å². The molecule has 3 unspecified atom stereocenters. The van der Waals surface area contributed by atoms with Gasteiger partial charge in [0.05, 0.1) is 23.8 Å². The number of halogens is 2. The van der Waals surface area contributed by atoms with Crippen molar-refractivity contribution in [3.63, 3.8) is 0 Å². The van der Waals surface area contributed by atoms with E-state index in [1.165, 1.54) is 6.20 Å². The molecule has 1 aromatic heterocycles. The van der Waals surface area contributed by atoms with Gasteiger partial charge in [-0.2, -0.15) is 5.26 Å². The number of benzene rings is 1. The van der Waals surface area contributed by atoms with Gasteiger partial charge in [-0.25, -0.2) is 13.6 Å². The second-order valence-electron chi connectivity index (χ2n) is 10.9. The minimum Gasteiger partial charge on any atom is -0.444 e. The molecule has 0 aliphatic carbocycles. The van der Waals surface area contributed by atoms with Crippen LogP contribution in [0.25, 0.3) is 11.0 Å². The molecule has 3 atom stereocenters. The fraction of sp³-hybridized carbons (Fsp3) is 0.577. The average molecular weight is 515 g/mol. The van der Waals surface area contributed by atoms with E-state index in [0.717, 1.165) is 10.6 Å². The van der Waals surface area contributed by atoms with Crippen LogP contribution in [0.15, 0.2) is 24.5 Å². The van der Waals surface area contributed by atoms with Gasteiger partial charge in [-0.15, -0.1) is 0 Å². The molecule has 3 heterocycles. The van der Waals surface area contributed by atoms with Crippen LogP contribution in [0.2, 0.25) is 0 Å². The van der Waals surface area contributed by atoms with E-state index in [4.69, 9.17) is 4.74 Å². The summed E-state index contributed by atoms with van der Waals surface area (Å²) in [5, 5.41) is 12.3. The van der Waals surface area contributed by atoms with Crippen LogP contribution in [0.5, 0.6) is 0 Å². The highest BCUT2D eigenvalue weighted by Gasteiger charge is 2.47. The number of rotatable bonds is 4. The molecular formula is C26H32F2N6O3. The van der Waals surface area contributed by atoms with Crippen LogP contribution in [-0.4, -0.2) is 70.6 Å². The molecule has 9 nitrogen and oxygen atoms in total. The maximum Gasteiger partial charge on any atom is 0.410 e. The van der Waals surface area contributed by atoms with E-state index in [0.29, 0.717) is 29.7 Å². The number of aromatic nitrogens is 2. The largest absolute Gasteiger partial charge is 0.444 e. The summed E-state index contributed by atoms with van der Waals surface area (Å²) in [6.45, 7) is 7.51. The second-order valence-corrected chi connectivity index (χ2v) is 10.9. The van der Waals surface area contributed by atoms with Crippen LogP contribution in [0.4, 0.5) is 19.3 Å². The highest BCUT2D eigenvalue weighted by molar-refractivity contribution is 5.92. The van der Waals surface area contributed by atoms with Crippen LogP contribution in [0.3, 0.4) is 0 Å². The summed E-state index contributed by atoms with van der Waals surface area (Å²) in [5.41, 5.74) is 1.60. The molecule has 2 aromatic rings. The van der Waals surface area contributed by atoms with Crippen molar-refractivity contribution < 1.29 is 23.1 Å². The van der Waals surface area contributed by atoms with Crippen LogP contribution in [0.1, 0.15) is 46.1 Å². The fourth-order valence-electron chi connectivity index (χ4n) is 4.95. The van der Waals surface area contributed by atoms with Crippen molar-refractivity contribution >= 4 is 28.7 Å². The Balaban J connectivity index is 1.37. The first-order chi connectivity index (χ1) is 17.4. The summed E-state index contributed by atoms with van der Waals surface area (Å²) < 4.78 is 35.0.